The summed E-state index contributed by atoms with van der Waals surface area (Å²) >= 11 is 6.02. The molecule has 0 radical (unpaired) electrons. The van der Waals surface area contributed by atoms with E-state index < -0.39 is 0 Å². The highest BCUT2D eigenvalue weighted by Gasteiger charge is 2.22. The normalized spacial score (nSPS) is 16.0. The quantitative estimate of drug-likeness (QED) is 0.419. The van der Waals surface area contributed by atoms with Crippen molar-refractivity contribution < 1.29 is 4.74 Å². The second-order valence-electron chi connectivity index (χ2n) is 4.92. The summed E-state index contributed by atoms with van der Waals surface area (Å²) in [6.07, 6.45) is 2.38. The van der Waals surface area contributed by atoms with Crippen LogP contribution in [0.25, 0.3) is 0 Å². The number of halogens is 2. The van der Waals surface area contributed by atoms with Gasteiger partial charge in [0.25, 0.3) is 0 Å². The van der Waals surface area contributed by atoms with Gasteiger partial charge in [-0.15, -0.1) is 24.0 Å². The molecular weight excluding hydrogens is 401 g/mol. The molecule has 21 heavy (non-hydrogen) atoms. The summed E-state index contributed by atoms with van der Waals surface area (Å²) in [7, 11) is 1.70. The van der Waals surface area contributed by atoms with Gasteiger partial charge in [-0.1, -0.05) is 23.7 Å². The first-order valence-corrected chi connectivity index (χ1v) is 7.43. The van der Waals surface area contributed by atoms with E-state index in [1.165, 1.54) is 12.8 Å². The molecule has 1 aromatic carbocycles. The third-order valence-corrected chi connectivity index (χ3v) is 3.42. The highest BCUT2D eigenvalue weighted by atomic mass is 127. The first kappa shape index (κ1) is 18.5. The number of rotatable bonds is 6. The lowest BCUT2D eigenvalue weighted by atomic mass is 10.1. The molecule has 2 rings (SSSR count). The summed E-state index contributed by atoms with van der Waals surface area (Å²) in [5.41, 5.74) is 1.05. The standard InChI is InChI=1S/C15H22ClN3O.HI/c1-3-17-15(19-13-7-8-13)18-10-14(20-2)11-5-4-6-12(16)9-11;/h4-6,9,13-14H,3,7-8,10H2,1-2H3,(H2,17,18,19);1H. The Labute approximate surface area is 148 Å². The van der Waals surface area contributed by atoms with Crippen molar-refractivity contribution in [3.05, 3.63) is 34.9 Å². The Morgan fingerprint density at radius 2 is 2.24 bits per heavy atom. The molecule has 0 amide bonds. The van der Waals surface area contributed by atoms with Crippen LogP contribution in [0.15, 0.2) is 29.3 Å². The second kappa shape index (κ2) is 9.48. The highest BCUT2D eigenvalue weighted by molar-refractivity contribution is 14.0. The number of benzene rings is 1. The van der Waals surface area contributed by atoms with Crippen LogP contribution in [0.5, 0.6) is 0 Å². The molecule has 0 spiro atoms. The van der Waals surface area contributed by atoms with Crippen molar-refractivity contribution in [2.45, 2.75) is 31.9 Å². The molecule has 2 N–H and O–H groups in total. The van der Waals surface area contributed by atoms with Gasteiger partial charge in [0.2, 0.25) is 0 Å². The number of nitrogens with zero attached hydrogens (tertiary/aromatic N) is 1. The molecule has 1 unspecified atom stereocenters. The van der Waals surface area contributed by atoms with Gasteiger partial charge in [0, 0.05) is 24.7 Å². The minimum absolute atomic E-state index is 0. The summed E-state index contributed by atoms with van der Waals surface area (Å²) in [6.45, 7) is 3.49. The number of nitrogens with one attached hydrogen (secondary N) is 2. The fourth-order valence-electron chi connectivity index (χ4n) is 1.94. The smallest absolute Gasteiger partial charge is 0.191 e. The third kappa shape index (κ3) is 6.40. The van der Waals surface area contributed by atoms with E-state index in [-0.39, 0.29) is 30.1 Å². The highest BCUT2D eigenvalue weighted by Crippen LogP contribution is 2.21. The SMILES string of the molecule is CCNC(=NCC(OC)c1cccc(Cl)c1)NC1CC1.I. The molecule has 1 aliphatic carbocycles. The van der Waals surface area contributed by atoms with E-state index in [0.717, 1.165) is 23.1 Å². The van der Waals surface area contributed by atoms with Gasteiger partial charge in [-0.05, 0) is 37.5 Å². The van der Waals surface area contributed by atoms with Crippen LogP contribution in [0.3, 0.4) is 0 Å². The summed E-state index contributed by atoms with van der Waals surface area (Å²) < 4.78 is 5.52. The van der Waals surface area contributed by atoms with Gasteiger partial charge < -0.3 is 15.4 Å². The maximum absolute atomic E-state index is 6.02. The lowest BCUT2D eigenvalue weighted by Crippen LogP contribution is -2.38. The first-order chi connectivity index (χ1) is 9.72. The van der Waals surface area contributed by atoms with E-state index in [2.05, 4.69) is 22.5 Å². The van der Waals surface area contributed by atoms with Crippen LogP contribution in [-0.4, -0.2) is 32.2 Å². The average Bonchev–Trinajstić information content (AvgIpc) is 3.23. The van der Waals surface area contributed by atoms with Crippen LogP contribution in [0.1, 0.15) is 31.4 Å². The zero-order valence-electron chi connectivity index (χ0n) is 12.4. The summed E-state index contributed by atoms with van der Waals surface area (Å²) in [5.74, 6) is 0.860. The summed E-state index contributed by atoms with van der Waals surface area (Å²) in [4.78, 5) is 4.60. The lowest BCUT2D eigenvalue weighted by Gasteiger charge is -2.16. The molecule has 1 aromatic rings. The van der Waals surface area contributed by atoms with Crippen molar-refractivity contribution in [1.29, 1.82) is 0 Å². The van der Waals surface area contributed by atoms with Crippen LogP contribution in [0.2, 0.25) is 5.02 Å². The zero-order chi connectivity index (χ0) is 14.4. The molecule has 118 valence electrons. The zero-order valence-corrected chi connectivity index (χ0v) is 15.5. The Morgan fingerprint density at radius 1 is 1.48 bits per heavy atom. The molecule has 0 heterocycles. The fraction of sp³-hybridized carbons (Fsp3) is 0.533. The van der Waals surface area contributed by atoms with Crippen LogP contribution in [0, 0.1) is 0 Å². The van der Waals surface area contributed by atoms with Gasteiger partial charge in [-0.25, -0.2) is 0 Å². The monoisotopic (exact) mass is 423 g/mol. The van der Waals surface area contributed by atoms with Gasteiger partial charge in [-0.3, -0.25) is 4.99 Å². The molecule has 0 bridgehead atoms. The van der Waals surface area contributed by atoms with Crippen molar-refractivity contribution in [3.63, 3.8) is 0 Å². The lowest BCUT2D eigenvalue weighted by molar-refractivity contribution is 0.111. The first-order valence-electron chi connectivity index (χ1n) is 7.06. The number of hydrogen-bond acceptors (Lipinski definition) is 2. The van der Waals surface area contributed by atoms with E-state index in [0.29, 0.717) is 12.6 Å². The number of aliphatic imine (C=N–C) groups is 1. The molecule has 1 saturated carbocycles. The Morgan fingerprint density at radius 3 is 2.81 bits per heavy atom. The molecule has 6 heteroatoms. The van der Waals surface area contributed by atoms with E-state index in [4.69, 9.17) is 16.3 Å². The van der Waals surface area contributed by atoms with Crippen LogP contribution >= 0.6 is 35.6 Å². The van der Waals surface area contributed by atoms with Crippen LogP contribution in [0.4, 0.5) is 0 Å². The molecule has 0 aromatic heterocycles. The Balaban J connectivity index is 0.00000220. The fourth-order valence-corrected chi connectivity index (χ4v) is 2.14. The molecule has 4 nitrogen and oxygen atoms in total. The van der Waals surface area contributed by atoms with E-state index in [1.807, 2.05) is 24.3 Å². The predicted molar refractivity (Wildman–Crippen MR) is 98.8 cm³/mol. The largest absolute Gasteiger partial charge is 0.375 e. The van der Waals surface area contributed by atoms with Gasteiger partial charge >= 0.3 is 0 Å². The number of methoxy groups -OCH3 is 1. The second-order valence-corrected chi connectivity index (χ2v) is 5.35. The van der Waals surface area contributed by atoms with Gasteiger partial charge in [-0.2, -0.15) is 0 Å². The molecule has 0 aliphatic heterocycles. The Hall–Kier alpha value is -0.530. The van der Waals surface area contributed by atoms with Crippen LogP contribution in [-0.2, 0) is 4.74 Å². The molecule has 0 saturated heterocycles. The van der Waals surface area contributed by atoms with Gasteiger partial charge in [0.1, 0.15) is 6.10 Å². The maximum Gasteiger partial charge on any atom is 0.191 e. The number of hydrogen-bond donors (Lipinski definition) is 2. The minimum Gasteiger partial charge on any atom is -0.375 e. The van der Waals surface area contributed by atoms with Crippen molar-refractivity contribution in [2.75, 3.05) is 20.2 Å². The molecule has 1 fully saturated rings. The van der Waals surface area contributed by atoms with E-state index in [1.54, 1.807) is 7.11 Å². The average molecular weight is 424 g/mol. The molecule has 1 aliphatic rings. The maximum atomic E-state index is 6.02. The Bertz CT molecular complexity index is 466. The van der Waals surface area contributed by atoms with E-state index >= 15 is 0 Å². The minimum atomic E-state index is -0.0802. The number of guanidine groups is 1. The van der Waals surface area contributed by atoms with Gasteiger partial charge in [0.15, 0.2) is 5.96 Å². The number of ether oxygens (including phenoxy) is 1. The van der Waals surface area contributed by atoms with Gasteiger partial charge in [0.05, 0.1) is 6.54 Å². The molecule has 1 atom stereocenters. The third-order valence-electron chi connectivity index (χ3n) is 3.18. The van der Waals surface area contributed by atoms with E-state index in [9.17, 15) is 0 Å². The predicted octanol–water partition coefficient (Wildman–Crippen LogP) is 3.36. The topological polar surface area (TPSA) is 45.7 Å². The summed E-state index contributed by atoms with van der Waals surface area (Å²) in [5, 5.41) is 7.36. The molecular formula is C15H23ClIN3O. The van der Waals surface area contributed by atoms with Crippen molar-refractivity contribution in [2.24, 2.45) is 4.99 Å². The van der Waals surface area contributed by atoms with Crippen molar-refractivity contribution >= 4 is 41.5 Å². The van der Waals surface area contributed by atoms with Crippen molar-refractivity contribution in [1.82, 2.24) is 10.6 Å². The van der Waals surface area contributed by atoms with Crippen LogP contribution < -0.4 is 10.6 Å². The Kier molecular flexibility index (Phi) is 8.36. The summed E-state index contributed by atoms with van der Waals surface area (Å²) in [6, 6.07) is 8.31. The van der Waals surface area contributed by atoms with Crippen molar-refractivity contribution in [3.8, 4) is 0 Å².